The van der Waals surface area contributed by atoms with Crippen molar-refractivity contribution < 1.29 is 0 Å². The quantitative estimate of drug-likeness (QED) is 0.475. The lowest BCUT2D eigenvalue weighted by atomic mass is 10.0. The standard InChI is InChI=1S/C12H14.C2H4/c1-4-11(5-2)12-9-7-6-8-10(12)3;1-2/h4-9H,1H2,2-3H3;1-2H2/b11-5+;. The molecule has 1 aromatic carbocycles. The number of hydrogen-bond donors (Lipinski definition) is 0. The van der Waals surface area contributed by atoms with Gasteiger partial charge in [-0.15, -0.1) is 13.2 Å². The molecule has 0 fully saturated rings. The van der Waals surface area contributed by atoms with Gasteiger partial charge in [0.05, 0.1) is 0 Å². The van der Waals surface area contributed by atoms with Crippen LogP contribution < -0.4 is 0 Å². The van der Waals surface area contributed by atoms with Gasteiger partial charge in [-0.1, -0.05) is 43.0 Å². The highest BCUT2D eigenvalue weighted by molar-refractivity contribution is 5.75. The Morgan fingerprint density at radius 1 is 1.21 bits per heavy atom. The molecule has 14 heavy (non-hydrogen) atoms. The number of aryl methyl sites for hydroxylation is 1. The molecular formula is C14H18. The SMILES string of the molecule is C=C.C=C/C(=C\C)c1ccccc1C. The van der Waals surface area contributed by atoms with Gasteiger partial charge in [0.15, 0.2) is 0 Å². The summed E-state index contributed by atoms with van der Waals surface area (Å²) in [5.74, 6) is 0. The average molecular weight is 186 g/mol. The van der Waals surface area contributed by atoms with Crippen LogP contribution in [0.3, 0.4) is 0 Å². The largest absolute Gasteiger partial charge is 0.106 e. The number of allylic oxidation sites excluding steroid dienone is 3. The Morgan fingerprint density at radius 3 is 2.21 bits per heavy atom. The molecule has 0 nitrogen and oxygen atoms in total. The Hall–Kier alpha value is -1.56. The Kier molecular flexibility index (Phi) is 6.13. The Morgan fingerprint density at radius 2 is 1.79 bits per heavy atom. The average Bonchev–Trinajstić information content (AvgIpc) is 2.25. The van der Waals surface area contributed by atoms with E-state index in [1.165, 1.54) is 16.7 Å². The second-order valence-electron chi connectivity index (χ2n) is 2.76. The summed E-state index contributed by atoms with van der Waals surface area (Å²) in [4.78, 5) is 0. The van der Waals surface area contributed by atoms with E-state index >= 15 is 0 Å². The highest BCUT2D eigenvalue weighted by atomic mass is 14.0. The maximum Gasteiger partial charge on any atom is -0.0158 e. The van der Waals surface area contributed by atoms with E-state index < -0.39 is 0 Å². The molecule has 0 heteroatoms. The first-order valence-corrected chi connectivity index (χ1v) is 4.64. The van der Waals surface area contributed by atoms with Gasteiger partial charge in [-0.2, -0.15) is 0 Å². The Balaban J connectivity index is 0.000000791. The fraction of sp³-hybridized carbons (Fsp3) is 0.143. The number of benzene rings is 1. The first-order chi connectivity index (χ1) is 6.79. The smallest absolute Gasteiger partial charge is 0.0158 e. The Bertz CT molecular complexity index is 319. The van der Waals surface area contributed by atoms with Gasteiger partial charge in [-0.25, -0.2) is 0 Å². The van der Waals surface area contributed by atoms with Crippen LogP contribution in [0.15, 0.2) is 56.2 Å². The summed E-state index contributed by atoms with van der Waals surface area (Å²) in [6.07, 6.45) is 3.97. The van der Waals surface area contributed by atoms with Crippen LogP contribution >= 0.6 is 0 Å². The van der Waals surface area contributed by atoms with Crippen molar-refractivity contribution in [2.75, 3.05) is 0 Å². The van der Waals surface area contributed by atoms with Crippen LogP contribution in [0.25, 0.3) is 5.57 Å². The van der Waals surface area contributed by atoms with Gasteiger partial charge in [0.25, 0.3) is 0 Å². The second-order valence-corrected chi connectivity index (χ2v) is 2.76. The summed E-state index contributed by atoms with van der Waals surface area (Å²) >= 11 is 0. The highest BCUT2D eigenvalue weighted by Crippen LogP contribution is 2.18. The molecule has 0 aliphatic rings. The second kappa shape index (κ2) is 6.90. The minimum atomic E-state index is 1.20. The molecule has 0 heterocycles. The molecule has 1 rings (SSSR count). The molecule has 0 aromatic heterocycles. The van der Waals surface area contributed by atoms with Crippen LogP contribution in [-0.4, -0.2) is 0 Å². The summed E-state index contributed by atoms with van der Waals surface area (Å²) in [6, 6.07) is 8.33. The molecular weight excluding hydrogens is 168 g/mol. The van der Waals surface area contributed by atoms with Gasteiger partial charge in [0.2, 0.25) is 0 Å². The Labute approximate surface area is 87.3 Å². The molecule has 0 radical (unpaired) electrons. The molecule has 0 atom stereocenters. The van der Waals surface area contributed by atoms with Crippen molar-refractivity contribution in [2.45, 2.75) is 13.8 Å². The third-order valence-corrected chi connectivity index (χ3v) is 1.99. The van der Waals surface area contributed by atoms with Gasteiger partial charge in [0, 0.05) is 0 Å². The lowest BCUT2D eigenvalue weighted by molar-refractivity contribution is 1.42. The predicted octanol–water partition coefficient (Wildman–Crippen LogP) is 4.39. The summed E-state index contributed by atoms with van der Waals surface area (Å²) in [5, 5.41) is 0. The van der Waals surface area contributed by atoms with Crippen LogP contribution in [-0.2, 0) is 0 Å². The summed E-state index contributed by atoms with van der Waals surface area (Å²) in [6.45, 7) is 13.9. The number of hydrogen-bond acceptors (Lipinski definition) is 0. The van der Waals surface area contributed by atoms with E-state index in [2.05, 4.69) is 57.0 Å². The van der Waals surface area contributed by atoms with Gasteiger partial charge in [-0.3, -0.25) is 0 Å². The van der Waals surface area contributed by atoms with E-state index in [9.17, 15) is 0 Å². The van der Waals surface area contributed by atoms with Crippen molar-refractivity contribution in [1.29, 1.82) is 0 Å². The molecule has 0 aliphatic heterocycles. The molecule has 0 amide bonds. The minimum Gasteiger partial charge on any atom is -0.106 e. The van der Waals surface area contributed by atoms with Crippen LogP contribution in [0, 0.1) is 6.92 Å². The lowest BCUT2D eigenvalue weighted by Crippen LogP contribution is -1.84. The zero-order valence-electron chi connectivity index (χ0n) is 9.09. The van der Waals surface area contributed by atoms with Crippen molar-refractivity contribution >= 4 is 5.57 Å². The molecule has 0 spiro atoms. The van der Waals surface area contributed by atoms with Gasteiger partial charge >= 0.3 is 0 Å². The fourth-order valence-corrected chi connectivity index (χ4v) is 1.28. The van der Waals surface area contributed by atoms with E-state index in [4.69, 9.17) is 0 Å². The monoisotopic (exact) mass is 186 g/mol. The first kappa shape index (κ1) is 12.4. The van der Waals surface area contributed by atoms with Crippen molar-refractivity contribution in [2.24, 2.45) is 0 Å². The zero-order valence-corrected chi connectivity index (χ0v) is 9.09. The van der Waals surface area contributed by atoms with Crippen LogP contribution in [0.1, 0.15) is 18.1 Å². The summed E-state index contributed by atoms with van der Waals surface area (Å²) in [7, 11) is 0. The summed E-state index contributed by atoms with van der Waals surface area (Å²) in [5.41, 5.74) is 3.77. The molecule has 0 bridgehead atoms. The molecule has 0 N–H and O–H groups in total. The predicted molar refractivity (Wildman–Crippen MR) is 66.3 cm³/mol. The zero-order chi connectivity index (χ0) is 11.0. The topological polar surface area (TPSA) is 0 Å². The van der Waals surface area contributed by atoms with E-state index in [1.807, 2.05) is 13.0 Å². The lowest BCUT2D eigenvalue weighted by Gasteiger charge is -2.04. The normalized spacial score (nSPS) is 10.0. The van der Waals surface area contributed by atoms with Crippen LogP contribution in [0.2, 0.25) is 0 Å². The molecule has 0 unspecified atom stereocenters. The fourth-order valence-electron chi connectivity index (χ4n) is 1.28. The van der Waals surface area contributed by atoms with Gasteiger partial charge < -0.3 is 0 Å². The van der Waals surface area contributed by atoms with Crippen LogP contribution in [0.5, 0.6) is 0 Å². The highest BCUT2D eigenvalue weighted by Gasteiger charge is 1.97. The molecule has 74 valence electrons. The van der Waals surface area contributed by atoms with Crippen molar-refractivity contribution in [1.82, 2.24) is 0 Å². The first-order valence-electron chi connectivity index (χ1n) is 4.64. The van der Waals surface area contributed by atoms with E-state index in [0.29, 0.717) is 0 Å². The van der Waals surface area contributed by atoms with E-state index in [0.717, 1.165) is 0 Å². The van der Waals surface area contributed by atoms with Crippen LogP contribution in [0.4, 0.5) is 0 Å². The summed E-state index contributed by atoms with van der Waals surface area (Å²) < 4.78 is 0. The van der Waals surface area contributed by atoms with Gasteiger partial charge in [0.1, 0.15) is 0 Å². The maximum absolute atomic E-state index is 3.78. The minimum absolute atomic E-state index is 1.20. The third kappa shape index (κ3) is 3.06. The van der Waals surface area contributed by atoms with Crippen molar-refractivity contribution in [3.63, 3.8) is 0 Å². The van der Waals surface area contributed by atoms with E-state index in [1.54, 1.807) is 0 Å². The molecule has 0 saturated carbocycles. The third-order valence-electron chi connectivity index (χ3n) is 1.99. The van der Waals surface area contributed by atoms with Gasteiger partial charge in [-0.05, 0) is 30.5 Å². The van der Waals surface area contributed by atoms with E-state index in [-0.39, 0.29) is 0 Å². The maximum atomic E-state index is 3.78. The molecule has 1 aromatic rings. The number of rotatable bonds is 2. The molecule has 0 saturated heterocycles. The van der Waals surface area contributed by atoms with Crippen molar-refractivity contribution in [3.8, 4) is 0 Å². The molecule has 0 aliphatic carbocycles. The van der Waals surface area contributed by atoms with Crippen molar-refractivity contribution in [3.05, 3.63) is 67.3 Å².